The number of aromatic nitrogens is 2. The fraction of sp³-hybridized carbons (Fsp3) is 0.400. The van der Waals surface area contributed by atoms with Gasteiger partial charge in [0.2, 0.25) is 11.8 Å². The third-order valence-electron chi connectivity index (χ3n) is 5.34. The van der Waals surface area contributed by atoms with Gasteiger partial charge in [0.15, 0.2) is 0 Å². The smallest absolute Gasteiger partial charge is 0.243 e. The molecule has 31 heavy (non-hydrogen) atoms. The zero-order valence-electron chi connectivity index (χ0n) is 18.8. The highest BCUT2D eigenvalue weighted by molar-refractivity contribution is 5.81. The van der Waals surface area contributed by atoms with Crippen LogP contribution in [0.3, 0.4) is 0 Å². The third-order valence-corrected chi connectivity index (χ3v) is 5.34. The van der Waals surface area contributed by atoms with Crippen molar-refractivity contribution in [3.63, 3.8) is 0 Å². The first-order valence-corrected chi connectivity index (χ1v) is 10.9. The lowest BCUT2D eigenvalue weighted by Crippen LogP contribution is -2.39. The number of amides is 2. The summed E-state index contributed by atoms with van der Waals surface area (Å²) in [5.41, 5.74) is 2.90. The first-order chi connectivity index (χ1) is 14.9. The Hall–Kier alpha value is -3.15. The van der Waals surface area contributed by atoms with Crippen molar-refractivity contribution < 1.29 is 9.59 Å². The van der Waals surface area contributed by atoms with Crippen LogP contribution in [0.5, 0.6) is 0 Å². The zero-order chi connectivity index (χ0) is 22.4. The van der Waals surface area contributed by atoms with Crippen LogP contribution in [-0.4, -0.2) is 38.9 Å². The Morgan fingerprint density at radius 1 is 1.00 bits per heavy atom. The summed E-state index contributed by atoms with van der Waals surface area (Å²) < 4.78 is 1.99. The van der Waals surface area contributed by atoms with Gasteiger partial charge in [-0.3, -0.25) is 9.59 Å². The maximum Gasteiger partial charge on any atom is 0.243 e. The van der Waals surface area contributed by atoms with Crippen LogP contribution in [-0.2, 0) is 29.1 Å². The number of hydrogen-bond acceptors (Lipinski definition) is 3. The molecule has 3 aromatic rings. The minimum Gasteiger partial charge on any atom is -0.355 e. The van der Waals surface area contributed by atoms with Crippen molar-refractivity contribution in [2.24, 2.45) is 5.92 Å². The highest BCUT2D eigenvalue weighted by atomic mass is 16.2. The normalized spacial score (nSPS) is 11.3. The zero-order valence-corrected chi connectivity index (χ0v) is 18.8. The summed E-state index contributed by atoms with van der Waals surface area (Å²) in [5, 5.41) is 2.94. The van der Waals surface area contributed by atoms with E-state index in [1.165, 1.54) is 0 Å². The SMILES string of the molecule is CC(C)C(=O)NCCc1nc2ccccc2n1CC(=O)N(Cc1ccccc1)C(C)C. The van der Waals surface area contributed by atoms with Gasteiger partial charge >= 0.3 is 0 Å². The fourth-order valence-corrected chi connectivity index (χ4v) is 3.56. The van der Waals surface area contributed by atoms with Crippen molar-refractivity contribution in [3.8, 4) is 0 Å². The van der Waals surface area contributed by atoms with E-state index in [4.69, 9.17) is 4.98 Å². The van der Waals surface area contributed by atoms with Gasteiger partial charge in [0.05, 0.1) is 11.0 Å². The molecule has 0 unspecified atom stereocenters. The summed E-state index contributed by atoms with van der Waals surface area (Å²) >= 11 is 0. The highest BCUT2D eigenvalue weighted by Crippen LogP contribution is 2.18. The van der Waals surface area contributed by atoms with Crippen LogP contribution in [0.25, 0.3) is 11.0 Å². The molecule has 164 valence electrons. The number of nitrogens with one attached hydrogen (secondary N) is 1. The number of carbonyl (C=O) groups is 2. The molecule has 0 atom stereocenters. The molecule has 1 aromatic heterocycles. The Balaban J connectivity index is 1.81. The molecule has 1 N–H and O–H groups in total. The summed E-state index contributed by atoms with van der Waals surface area (Å²) in [5.74, 6) is 0.821. The number of benzene rings is 2. The van der Waals surface area contributed by atoms with E-state index in [1.807, 2.05) is 91.8 Å². The van der Waals surface area contributed by atoms with Gasteiger partial charge in [0.1, 0.15) is 12.4 Å². The van der Waals surface area contributed by atoms with Gasteiger partial charge in [-0.1, -0.05) is 56.3 Å². The second-order valence-corrected chi connectivity index (χ2v) is 8.40. The van der Waals surface area contributed by atoms with Crippen LogP contribution in [0.4, 0.5) is 0 Å². The Kier molecular flexibility index (Phi) is 7.45. The summed E-state index contributed by atoms with van der Waals surface area (Å²) in [6.07, 6.45) is 0.570. The van der Waals surface area contributed by atoms with E-state index in [9.17, 15) is 9.59 Å². The van der Waals surface area contributed by atoms with E-state index in [0.29, 0.717) is 19.5 Å². The summed E-state index contributed by atoms with van der Waals surface area (Å²) in [4.78, 5) is 31.9. The molecule has 0 radical (unpaired) electrons. The van der Waals surface area contributed by atoms with Crippen LogP contribution in [0, 0.1) is 5.92 Å². The molecule has 2 aromatic carbocycles. The van der Waals surface area contributed by atoms with Crippen molar-refractivity contribution in [1.82, 2.24) is 19.8 Å². The predicted octanol–water partition coefficient (Wildman–Crippen LogP) is 3.79. The predicted molar refractivity (Wildman–Crippen MR) is 123 cm³/mol. The van der Waals surface area contributed by atoms with E-state index in [1.54, 1.807) is 0 Å². The molecule has 2 amide bonds. The minimum absolute atomic E-state index is 0.0209. The highest BCUT2D eigenvalue weighted by Gasteiger charge is 2.21. The average molecular weight is 421 g/mol. The molecular formula is C25H32N4O2. The molecule has 0 aliphatic rings. The monoisotopic (exact) mass is 420 g/mol. The van der Waals surface area contributed by atoms with Gasteiger partial charge in [0.25, 0.3) is 0 Å². The first kappa shape index (κ1) is 22.5. The number of para-hydroxylation sites is 2. The van der Waals surface area contributed by atoms with Crippen molar-refractivity contribution in [3.05, 3.63) is 66.0 Å². The van der Waals surface area contributed by atoms with Crippen LogP contribution in [0.2, 0.25) is 0 Å². The molecule has 0 aliphatic heterocycles. The molecule has 0 fully saturated rings. The maximum absolute atomic E-state index is 13.3. The standard InChI is InChI=1S/C25H32N4O2/c1-18(2)25(31)26-15-14-23-27-21-12-8-9-13-22(21)29(23)17-24(30)28(19(3)4)16-20-10-6-5-7-11-20/h5-13,18-19H,14-17H2,1-4H3,(H,26,31). The maximum atomic E-state index is 13.3. The lowest BCUT2D eigenvalue weighted by atomic mass is 10.2. The Morgan fingerprint density at radius 2 is 1.68 bits per heavy atom. The van der Waals surface area contributed by atoms with Crippen molar-refractivity contribution in [2.75, 3.05) is 6.54 Å². The number of hydrogen-bond donors (Lipinski definition) is 1. The molecule has 6 heteroatoms. The topological polar surface area (TPSA) is 67.2 Å². The Morgan fingerprint density at radius 3 is 2.35 bits per heavy atom. The Bertz CT molecular complexity index is 1020. The van der Waals surface area contributed by atoms with Gasteiger partial charge in [-0.25, -0.2) is 4.98 Å². The van der Waals surface area contributed by atoms with Gasteiger partial charge in [0, 0.05) is 31.5 Å². The summed E-state index contributed by atoms with van der Waals surface area (Å²) in [7, 11) is 0. The van der Waals surface area contributed by atoms with Crippen LogP contribution >= 0.6 is 0 Å². The lowest BCUT2D eigenvalue weighted by Gasteiger charge is -2.27. The van der Waals surface area contributed by atoms with Crippen LogP contribution in [0.1, 0.15) is 39.1 Å². The van der Waals surface area contributed by atoms with Gasteiger partial charge < -0.3 is 14.8 Å². The van der Waals surface area contributed by atoms with Crippen LogP contribution < -0.4 is 5.32 Å². The second-order valence-electron chi connectivity index (χ2n) is 8.40. The van der Waals surface area contributed by atoms with E-state index in [0.717, 1.165) is 22.4 Å². The van der Waals surface area contributed by atoms with Crippen molar-refractivity contribution in [2.45, 2.75) is 53.2 Å². The Labute approximate surface area is 184 Å². The summed E-state index contributed by atoms with van der Waals surface area (Å²) in [6, 6.07) is 18.0. The number of rotatable bonds is 9. The van der Waals surface area contributed by atoms with E-state index in [-0.39, 0.29) is 30.3 Å². The summed E-state index contributed by atoms with van der Waals surface area (Å²) in [6.45, 7) is 9.10. The quantitative estimate of drug-likeness (QED) is 0.573. The molecule has 0 aliphatic carbocycles. The molecule has 0 bridgehead atoms. The molecule has 6 nitrogen and oxygen atoms in total. The average Bonchev–Trinajstić information content (AvgIpc) is 3.09. The molecule has 0 saturated heterocycles. The molecular weight excluding hydrogens is 388 g/mol. The van der Waals surface area contributed by atoms with Gasteiger partial charge in [-0.2, -0.15) is 0 Å². The molecule has 1 heterocycles. The van der Waals surface area contributed by atoms with Crippen LogP contribution in [0.15, 0.2) is 54.6 Å². The molecule has 3 rings (SSSR count). The van der Waals surface area contributed by atoms with Crippen molar-refractivity contribution >= 4 is 22.8 Å². The minimum atomic E-state index is -0.0574. The van der Waals surface area contributed by atoms with Gasteiger partial charge in [-0.15, -0.1) is 0 Å². The second kappa shape index (κ2) is 10.2. The lowest BCUT2D eigenvalue weighted by molar-refractivity contribution is -0.134. The van der Waals surface area contributed by atoms with Gasteiger partial charge in [-0.05, 0) is 31.5 Å². The first-order valence-electron chi connectivity index (χ1n) is 10.9. The number of fused-ring (bicyclic) bond motifs is 1. The fourth-order valence-electron chi connectivity index (χ4n) is 3.56. The van der Waals surface area contributed by atoms with Crippen molar-refractivity contribution in [1.29, 1.82) is 0 Å². The van der Waals surface area contributed by atoms with E-state index >= 15 is 0 Å². The van der Waals surface area contributed by atoms with E-state index < -0.39 is 0 Å². The number of nitrogens with zero attached hydrogens (tertiary/aromatic N) is 3. The third kappa shape index (κ3) is 5.72. The molecule has 0 saturated carbocycles. The number of imidazole rings is 1. The number of carbonyl (C=O) groups excluding carboxylic acids is 2. The van der Waals surface area contributed by atoms with E-state index in [2.05, 4.69) is 5.32 Å². The largest absolute Gasteiger partial charge is 0.355 e. The molecule has 0 spiro atoms.